The minimum atomic E-state index is -0.195. The molecule has 104 valence electrons. The molecule has 0 radical (unpaired) electrons. The van der Waals surface area contributed by atoms with E-state index < -0.39 is 0 Å². The van der Waals surface area contributed by atoms with Crippen LogP contribution < -0.4 is 11.1 Å². The first-order valence-corrected chi connectivity index (χ1v) is 6.21. The lowest BCUT2D eigenvalue weighted by molar-refractivity contribution is -0.135. The van der Waals surface area contributed by atoms with Crippen LogP contribution in [0.2, 0.25) is 0 Å². The highest BCUT2D eigenvalue weighted by atomic mass is 16.2. The van der Waals surface area contributed by atoms with E-state index in [1.54, 1.807) is 13.2 Å². The number of aromatic nitrogens is 3. The lowest BCUT2D eigenvalue weighted by Crippen LogP contribution is -2.40. The van der Waals surface area contributed by atoms with E-state index in [1.165, 1.54) is 9.58 Å². The maximum Gasteiger partial charge on any atom is 0.244 e. The molecule has 0 atom stereocenters. The number of amides is 2. The molecule has 0 aliphatic heterocycles. The van der Waals surface area contributed by atoms with E-state index in [1.807, 2.05) is 0 Å². The van der Waals surface area contributed by atoms with Crippen molar-refractivity contribution in [2.75, 3.05) is 13.6 Å². The molecule has 1 aliphatic carbocycles. The second-order valence-corrected chi connectivity index (χ2v) is 4.70. The van der Waals surface area contributed by atoms with Crippen molar-refractivity contribution in [2.24, 2.45) is 5.73 Å². The summed E-state index contributed by atoms with van der Waals surface area (Å²) in [4.78, 5) is 24.8. The molecule has 1 aromatic heterocycles. The highest BCUT2D eigenvalue weighted by Gasteiger charge is 2.24. The molecule has 2 rings (SSSR count). The van der Waals surface area contributed by atoms with Crippen LogP contribution in [0.4, 0.5) is 0 Å². The van der Waals surface area contributed by atoms with Crippen LogP contribution in [0.3, 0.4) is 0 Å². The van der Waals surface area contributed by atoms with E-state index in [9.17, 15) is 9.59 Å². The van der Waals surface area contributed by atoms with Crippen LogP contribution >= 0.6 is 0 Å². The topological polar surface area (TPSA) is 106 Å². The first-order valence-electron chi connectivity index (χ1n) is 6.21. The first kappa shape index (κ1) is 13.5. The van der Waals surface area contributed by atoms with Crippen molar-refractivity contribution in [3.63, 3.8) is 0 Å². The number of carbonyl (C=O) groups is 2. The van der Waals surface area contributed by atoms with Crippen LogP contribution in [-0.4, -0.2) is 51.3 Å². The number of hydrogen-bond acceptors (Lipinski definition) is 5. The van der Waals surface area contributed by atoms with Crippen LogP contribution in [0, 0.1) is 0 Å². The van der Waals surface area contributed by atoms with Gasteiger partial charge in [0.15, 0.2) is 0 Å². The van der Waals surface area contributed by atoms with Crippen LogP contribution in [0.5, 0.6) is 0 Å². The van der Waals surface area contributed by atoms with Crippen LogP contribution in [0.1, 0.15) is 18.5 Å². The standard InChI is InChI=1S/C11H18N6O2/c1-16(6-10(18)13-8-2-3-8)11(19)7-17-5-9(4-12)14-15-17/h5,8H,2-4,6-7,12H2,1H3,(H,13,18). The Morgan fingerprint density at radius 1 is 1.58 bits per heavy atom. The average Bonchev–Trinajstić information content (AvgIpc) is 3.05. The van der Waals surface area contributed by atoms with E-state index in [0.29, 0.717) is 11.7 Å². The van der Waals surface area contributed by atoms with Gasteiger partial charge >= 0.3 is 0 Å². The predicted molar refractivity (Wildman–Crippen MR) is 66.7 cm³/mol. The maximum absolute atomic E-state index is 11.9. The second kappa shape index (κ2) is 5.79. The Morgan fingerprint density at radius 3 is 2.89 bits per heavy atom. The van der Waals surface area contributed by atoms with E-state index >= 15 is 0 Å². The summed E-state index contributed by atoms with van der Waals surface area (Å²) >= 11 is 0. The van der Waals surface area contributed by atoms with Crippen molar-refractivity contribution in [3.8, 4) is 0 Å². The molecule has 1 aliphatic rings. The van der Waals surface area contributed by atoms with E-state index in [0.717, 1.165) is 12.8 Å². The fraction of sp³-hybridized carbons (Fsp3) is 0.636. The Bertz CT molecular complexity index is 468. The third kappa shape index (κ3) is 4.02. The number of nitrogens with one attached hydrogen (secondary N) is 1. The second-order valence-electron chi connectivity index (χ2n) is 4.70. The molecular formula is C11H18N6O2. The summed E-state index contributed by atoms with van der Waals surface area (Å²) < 4.78 is 1.42. The van der Waals surface area contributed by atoms with Gasteiger partial charge in [0.1, 0.15) is 6.54 Å². The quantitative estimate of drug-likeness (QED) is 0.650. The minimum Gasteiger partial charge on any atom is -0.352 e. The summed E-state index contributed by atoms with van der Waals surface area (Å²) in [6, 6.07) is 0.304. The molecule has 0 spiro atoms. The van der Waals surface area contributed by atoms with Gasteiger partial charge in [-0.1, -0.05) is 5.21 Å². The summed E-state index contributed by atoms with van der Waals surface area (Å²) in [6.07, 6.45) is 3.68. The summed E-state index contributed by atoms with van der Waals surface area (Å²) in [5.41, 5.74) is 6.03. The van der Waals surface area contributed by atoms with E-state index in [-0.39, 0.29) is 31.4 Å². The fourth-order valence-electron chi connectivity index (χ4n) is 1.57. The molecule has 1 saturated carbocycles. The third-order valence-corrected chi connectivity index (χ3v) is 2.84. The normalized spacial score (nSPS) is 14.2. The van der Waals surface area contributed by atoms with Gasteiger partial charge in [-0.25, -0.2) is 4.68 Å². The van der Waals surface area contributed by atoms with Crippen molar-refractivity contribution < 1.29 is 9.59 Å². The van der Waals surface area contributed by atoms with Crippen LogP contribution in [0.25, 0.3) is 0 Å². The molecule has 0 saturated heterocycles. The molecule has 0 aromatic carbocycles. The lowest BCUT2D eigenvalue weighted by Gasteiger charge is -2.16. The predicted octanol–water partition coefficient (Wildman–Crippen LogP) is -1.53. The van der Waals surface area contributed by atoms with Gasteiger partial charge in [0.25, 0.3) is 0 Å². The van der Waals surface area contributed by atoms with Crippen LogP contribution in [0.15, 0.2) is 6.20 Å². The highest BCUT2D eigenvalue weighted by Crippen LogP contribution is 2.18. The molecule has 3 N–H and O–H groups in total. The molecule has 0 bridgehead atoms. The Morgan fingerprint density at radius 2 is 2.32 bits per heavy atom. The van der Waals surface area contributed by atoms with E-state index in [2.05, 4.69) is 15.6 Å². The maximum atomic E-state index is 11.9. The fourth-order valence-corrected chi connectivity index (χ4v) is 1.57. The van der Waals surface area contributed by atoms with Crippen LogP contribution in [-0.2, 0) is 22.7 Å². The van der Waals surface area contributed by atoms with Gasteiger partial charge in [-0.2, -0.15) is 0 Å². The summed E-state index contributed by atoms with van der Waals surface area (Å²) in [5.74, 6) is -0.320. The molecule has 0 unspecified atom stereocenters. The van der Waals surface area contributed by atoms with Gasteiger partial charge in [-0.15, -0.1) is 5.10 Å². The number of nitrogens with zero attached hydrogens (tertiary/aromatic N) is 4. The Hall–Kier alpha value is -1.96. The van der Waals surface area contributed by atoms with Gasteiger partial charge in [-0.3, -0.25) is 9.59 Å². The smallest absolute Gasteiger partial charge is 0.244 e. The van der Waals surface area contributed by atoms with E-state index in [4.69, 9.17) is 5.73 Å². The molecule has 8 nitrogen and oxygen atoms in total. The molecular weight excluding hydrogens is 248 g/mol. The van der Waals surface area contributed by atoms with Crippen molar-refractivity contribution in [1.82, 2.24) is 25.2 Å². The molecule has 8 heteroatoms. The number of nitrogens with two attached hydrogens (primary N) is 1. The average molecular weight is 266 g/mol. The molecule has 1 aromatic rings. The number of hydrogen-bond donors (Lipinski definition) is 2. The minimum absolute atomic E-state index is 0.0558. The number of carbonyl (C=O) groups excluding carboxylic acids is 2. The summed E-state index contributed by atoms with van der Waals surface area (Å²) in [6.45, 7) is 0.405. The number of rotatable bonds is 6. The zero-order valence-corrected chi connectivity index (χ0v) is 10.9. The summed E-state index contributed by atoms with van der Waals surface area (Å²) in [7, 11) is 1.59. The molecule has 19 heavy (non-hydrogen) atoms. The van der Waals surface area contributed by atoms with Gasteiger partial charge < -0.3 is 16.0 Å². The van der Waals surface area contributed by atoms with Crippen molar-refractivity contribution in [1.29, 1.82) is 0 Å². The zero-order chi connectivity index (χ0) is 13.8. The highest BCUT2D eigenvalue weighted by molar-refractivity contribution is 5.84. The third-order valence-electron chi connectivity index (χ3n) is 2.84. The van der Waals surface area contributed by atoms with Crippen molar-refractivity contribution in [3.05, 3.63) is 11.9 Å². The molecule has 1 heterocycles. The van der Waals surface area contributed by atoms with Gasteiger partial charge in [-0.05, 0) is 12.8 Å². The summed E-state index contributed by atoms with van der Waals surface area (Å²) in [5, 5.41) is 10.4. The Labute approximate surface area is 110 Å². The zero-order valence-electron chi connectivity index (χ0n) is 10.9. The Balaban J connectivity index is 1.79. The largest absolute Gasteiger partial charge is 0.352 e. The van der Waals surface area contributed by atoms with Crippen molar-refractivity contribution >= 4 is 11.8 Å². The van der Waals surface area contributed by atoms with Gasteiger partial charge in [0.05, 0.1) is 18.4 Å². The SMILES string of the molecule is CN(CC(=O)NC1CC1)C(=O)Cn1cc(CN)nn1. The molecule has 1 fully saturated rings. The first-order chi connectivity index (χ1) is 9.08. The monoisotopic (exact) mass is 266 g/mol. The number of likely N-dealkylation sites (N-methyl/N-ethyl adjacent to an activating group) is 1. The molecule has 2 amide bonds. The lowest BCUT2D eigenvalue weighted by atomic mass is 10.4. The van der Waals surface area contributed by atoms with Crippen molar-refractivity contribution in [2.45, 2.75) is 32.0 Å². The van der Waals surface area contributed by atoms with Gasteiger partial charge in [0.2, 0.25) is 11.8 Å². The Kier molecular flexibility index (Phi) is 4.10. The van der Waals surface area contributed by atoms with Gasteiger partial charge in [0, 0.05) is 19.6 Å².